The van der Waals surface area contributed by atoms with E-state index in [-0.39, 0.29) is 33.0 Å². The van der Waals surface area contributed by atoms with E-state index in [1.807, 2.05) is 0 Å². The standard InChI is InChI=1S/C9H6Cl2N4O3/c10-4-1-3(2-5(11)7(4)16)13-9(17)6-8(12)15-18-14-6/h1-2,16H,(H2,12,15)(H,13,17). The molecule has 2 aromatic rings. The molecule has 2 rings (SSSR count). The molecular formula is C9H6Cl2N4O3. The van der Waals surface area contributed by atoms with Crippen LogP contribution in [0.5, 0.6) is 5.75 Å². The van der Waals surface area contributed by atoms with Gasteiger partial charge in [-0.3, -0.25) is 4.79 Å². The van der Waals surface area contributed by atoms with E-state index in [1.54, 1.807) is 0 Å². The third kappa shape index (κ3) is 2.31. The van der Waals surface area contributed by atoms with Gasteiger partial charge in [0.25, 0.3) is 5.91 Å². The summed E-state index contributed by atoms with van der Waals surface area (Å²) in [4.78, 5) is 11.7. The number of phenolic OH excluding ortho intramolecular Hbond substituents is 1. The van der Waals surface area contributed by atoms with Gasteiger partial charge in [0, 0.05) is 5.69 Å². The van der Waals surface area contributed by atoms with Crippen LogP contribution in [0.1, 0.15) is 10.5 Å². The van der Waals surface area contributed by atoms with E-state index < -0.39 is 5.91 Å². The van der Waals surface area contributed by atoms with Crippen molar-refractivity contribution in [3.63, 3.8) is 0 Å². The van der Waals surface area contributed by atoms with Crippen molar-refractivity contribution in [1.82, 2.24) is 10.3 Å². The van der Waals surface area contributed by atoms with Crippen LogP contribution in [0.4, 0.5) is 11.5 Å². The molecule has 0 aliphatic rings. The van der Waals surface area contributed by atoms with Gasteiger partial charge in [-0.15, -0.1) is 0 Å². The second-order valence-electron chi connectivity index (χ2n) is 3.24. The van der Waals surface area contributed by atoms with Gasteiger partial charge in [0.2, 0.25) is 11.5 Å². The molecule has 1 amide bonds. The minimum atomic E-state index is -0.633. The van der Waals surface area contributed by atoms with Crippen molar-refractivity contribution in [1.29, 1.82) is 0 Å². The van der Waals surface area contributed by atoms with Crippen LogP contribution in [-0.2, 0) is 0 Å². The topological polar surface area (TPSA) is 114 Å². The van der Waals surface area contributed by atoms with Crippen molar-refractivity contribution in [2.45, 2.75) is 0 Å². The summed E-state index contributed by atoms with van der Waals surface area (Å²) in [6.07, 6.45) is 0. The molecule has 0 unspecified atom stereocenters. The maximum absolute atomic E-state index is 11.7. The predicted octanol–water partition coefficient (Wildman–Crippen LogP) is 1.92. The first-order valence-electron chi connectivity index (χ1n) is 4.56. The van der Waals surface area contributed by atoms with Gasteiger partial charge in [0.05, 0.1) is 10.0 Å². The van der Waals surface area contributed by atoms with Gasteiger partial charge >= 0.3 is 0 Å². The van der Waals surface area contributed by atoms with Crippen LogP contribution in [0, 0.1) is 0 Å². The van der Waals surface area contributed by atoms with E-state index in [1.165, 1.54) is 12.1 Å². The minimum Gasteiger partial charge on any atom is -0.505 e. The van der Waals surface area contributed by atoms with E-state index in [0.717, 1.165) is 0 Å². The first-order chi connectivity index (χ1) is 8.49. The number of benzene rings is 1. The summed E-state index contributed by atoms with van der Waals surface area (Å²) in [7, 11) is 0. The third-order valence-corrected chi connectivity index (χ3v) is 2.58. The molecule has 0 radical (unpaired) electrons. The van der Waals surface area contributed by atoms with E-state index >= 15 is 0 Å². The summed E-state index contributed by atoms with van der Waals surface area (Å²) >= 11 is 11.4. The second kappa shape index (κ2) is 4.71. The third-order valence-electron chi connectivity index (χ3n) is 2.00. The van der Waals surface area contributed by atoms with Crippen molar-refractivity contribution < 1.29 is 14.5 Å². The number of anilines is 2. The molecule has 0 saturated heterocycles. The monoisotopic (exact) mass is 288 g/mol. The van der Waals surface area contributed by atoms with Crippen molar-refractivity contribution >= 4 is 40.6 Å². The van der Waals surface area contributed by atoms with Crippen molar-refractivity contribution in [3.8, 4) is 5.75 Å². The molecule has 1 aromatic carbocycles. The molecule has 0 atom stereocenters. The molecule has 0 spiro atoms. The van der Waals surface area contributed by atoms with Crippen LogP contribution in [0.15, 0.2) is 16.8 Å². The van der Waals surface area contributed by atoms with Gasteiger partial charge in [-0.25, -0.2) is 4.63 Å². The van der Waals surface area contributed by atoms with Gasteiger partial charge in [0.15, 0.2) is 5.75 Å². The average molecular weight is 289 g/mol. The Morgan fingerprint density at radius 2 is 1.94 bits per heavy atom. The quantitative estimate of drug-likeness (QED) is 0.727. The number of halogens is 2. The lowest BCUT2D eigenvalue weighted by Crippen LogP contribution is -2.14. The molecule has 18 heavy (non-hydrogen) atoms. The molecule has 0 saturated carbocycles. The van der Waals surface area contributed by atoms with E-state index in [9.17, 15) is 9.90 Å². The first-order valence-corrected chi connectivity index (χ1v) is 5.32. The number of aromatic hydroxyl groups is 1. The number of hydrogen-bond acceptors (Lipinski definition) is 6. The zero-order chi connectivity index (χ0) is 13.3. The second-order valence-corrected chi connectivity index (χ2v) is 4.06. The summed E-state index contributed by atoms with van der Waals surface area (Å²) in [5, 5.41) is 18.4. The largest absolute Gasteiger partial charge is 0.505 e. The molecule has 94 valence electrons. The van der Waals surface area contributed by atoms with Gasteiger partial charge < -0.3 is 16.2 Å². The summed E-state index contributed by atoms with van der Waals surface area (Å²) in [6, 6.07) is 2.65. The maximum atomic E-state index is 11.7. The lowest BCUT2D eigenvalue weighted by atomic mass is 10.3. The SMILES string of the molecule is Nc1nonc1C(=O)Nc1cc(Cl)c(O)c(Cl)c1. The number of nitrogens with two attached hydrogens (primary N) is 1. The van der Waals surface area contributed by atoms with E-state index in [2.05, 4.69) is 20.3 Å². The average Bonchev–Trinajstić information content (AvgIpc) is 2.72. The Morgan fingerprint density at radius 1 is 1.33 bits per heavy atom. The number of nitrogens with zero attached hydrogens (tertiary/aromatic N) is 2. The van der Waals surface area contributed by atoms with E-state index in [4.69, 9.17) is 28.9 Å². The lowest BCUT2D eigenvalue weighted by Gasteiger charge is -2.06. The summed E-state index contributed by atoms with van der Waals surface area (Å²) in [5.41, 5.74) is 5.47. The Hall–Kier alpha value is -1.99. The number of amides is 1. The number of carbonyl (C=O) groups is 1. The molecular weight excluding hydrogens is 283 g/mol. The van der Waals surface area contributed by atoms with Gasteiger partial charge in [-0.2, -0.15) is 0 Å². The fourth-order valence-electron chi connectivity index (χ4n) is 1.18. The van der Waals surface area contributed by atoms with Crippen molar-refractivity contribution in [3.05, 3.63) is 27.9 Å². The van der Waals surface area contributed by atoms with Crippen LogP contribution in [0.25, 0.3) is 0 Å². The van der Waals surface area contributed by atoms with Crippen molar-refractivity contribution in [2.75, 3.05) is 11.1 Å². The number of phenols is 1. The Bertz CT molecular complexity index is 591. The molecule has 0 fully saturated rings. The number of rotatable bonds is 2. The zero-order valence-electron chi connectivity index (χ0n) is 8.65. The highest BCUT2D eigenvalue weighted by atomic mass is 35.5. The number of aromatic nitrogens is 2. The fraction of sp³-hybridized carbons (Fsp3) is 0. The normalized spacial score (nSPS) is 10.3. The van der Waals surface area contributed by atoms with Crippen LogP contribution in [0.3, 0.4) is 0 Å². The molecule has 0 bridgehead atoms. The molecule has 0 aliphatic heterocycles. The summed E-state index contributed by atoms with van der Waals surface area (Å²) in [6.45, 7) is 0. The van der Waals surface area contributed by atoms with Crippen LogP contribution in [0.2, 0.25) is 10.0 Å². The van der Waals surface area contributed by atoms with Crippen molar-refractivity contribution in [2.24, 2.45) is 0 Å². The smallest absolute Gasteiger partial charge is 0.281 e. The minimum absolute atomic E-state index is 0.00375. The van der Waals surface area contributed by atoms with E-state index in [0.29, 0.717) is 0 Å². The fourth-order valence-corrected chi connectivity index (χ4v) is 1.67. The molecule has 0 aliphatic carbocycles. The Labute approximate surface area is 110 Å². The maximum Gasteiger partial charge on any atom is 0.281 e. The molecule has 1 heterocycles. The number of hydrogen-bond donors (Lipinski definition) is 3. The summed E-state index contributed by atoms with van der Waals surface area (Å²) < 4.78 is 4.29. The van der Waals surface area contributed by atoms with Gasteiger partial charge in [-0.05, 0) is 22.4 Å². The molecule has 9 heteroatoms. The van der Waals surface area contributed by atoms with Gasteiger partial charge in [-0.1, -0.05) is 23.2 Å². The highest BCUT2D eigenvalue weighted by Crippen LogP contribution is 2.34. The lowest BCUT2D eigenvalue weighted by molar-refractivity contribution is 0.101. The molecule has 4 N–H and O–H groups in total. The number of nitrogens with one attached hydrogen (secondary N) is 1. The zero-order valence-corrected chi connectivity index (χ0v) is 10.2. The number of nitrogen functional groups attached to an aromatic ring is 1. The predicted molar refractivity (Wildman–Crippen MR) is 64.8 cm³/mol. The first kappa shape index (κ1) is 12.5. The Balaban J connectivity index is 2.25. The van der Waals surface area contributed by atoms with Gasteiger partial charge in [0.1, 0.15) is 0 Å². The Kier molecular flexibility index (Phi) is 3.26. The van der Waals surface area contributed by atoms with Crippen LogP contribution < -0.4 is 11.1 Å². The molecule has 7 nitrogen and oxygen atoms in total. The highest BCUT2D eigenvalue weighted by Gasteiger charge is 2.17. The number of carbonyl (C=O) groups excluding carboxylic acids is 1. The van der Waals surface area contributed by atoms with Crippen LogP contribution in [-0.4, -0.2) is 21.3 Å². The highest BCUT2D eigenvalue weighted by molar-refractivity contribution is 6.37. The van der Waals surface area contributed by atoms with Crippen LogP contribution >= 0.6 is 23.2 Å². The summed E-state index contributed by atoms with van der Waals surface area (Å²) in [5.74, 6) is -1.03. The molecule has 1 aromatic heterocycles. The Morgan fingerprint density at radius 3 is 2.44 bits per heavy atom.